The van der Waals surface area contributed by atoms with Gasteiger partial charge in [-0.2, -0.15) is 0 Å². The first-order valence-electron chi connectivity index (χ1n) is 7.44. The molecule has 2 aliphatic heterocycles. The first kappa shape index (κ1) is 13.9. The molecule has 0 spiro atoms. The zero-order chi connectivity index (χ0) is 15.0. The monoisotopic (exact) mass is 288 g/mol. The fourth-order valence-electron chi connectivity index (χ4n) is 3.21. The minimum absolute atomic E-state index is 0.0942. The molecular formula is C16H20N2O3. The van der Waals surface area contributed by atoms with Crippen molar-refractivity contribution >= 4 is 17.6 Å². The van der Waals surface area contributed by atoms with Crippen molar-refractivity contribution < 1.29 is 14.3 Å². The number of nitrogens with zero attached hydrogens (tertiary/aromatic N) is 2. The lowest BCUT2D eigenvalue weighted by Gasteiger charge is -2.31. The van der Waals surface area contributed by atoms with Gasteiger partial charge in [-0.15, -0.1) is 0 Å². The summed E-state index contributed by atoms with van der Waals surface area (Å²) in [4.78, 5) is 28.1. The van der Waals surface area contributed by atoms with Gasteiger partial charge in [-0.3, -0.25) is 4.79 Å². The summed E-state index contributed by atoms with van der Waals surface area (Å²) < 4.78 is 5.11. The number of methoxy groups -OCH3 is 1. The Kier molecular flexibility index (Phi) is 3.57. The van der Waals surface area contributed by atoms with E-state index in [1.807, 2.05) is 0 Å². The van der Waals surface area contributed by atoms with Crippen LogP contribution in [0.3, 0.4) is 0 Å². The van der Waals surface area contributed by atoms with Crippen molar-refractivity contribution in [2.75, 3.05) is 18.6 Å². The Labute approximate surface area is 124 Å². The lowest BCUT2D eigenvalue weighted by molar-refractivity contribution is -0.120. The van der Waals surface area contributed by atoms with Crippen LogP contribution in [0.4, 0.5) is 10.5 Å². The maximum Gasteiger partial charge on any atom is 0.332 e. The normalized spacial score (nSPS) is 25.2. The van der Waals surface area contributed by atoms with Gasteiger partial charge in [0.25, 0.3) is 5.91 Å². The topological polar surface area (TPSA) is 49.9 Å². The molecule has 5 heteroatoms. The molecule has 0 radical (unpaired) electrons. The highest BCUT2D eigenvalue weighted by molar-refractivity contribution is 6.21. The van der Waals surface area contributed by atoms with E-state index in [9.17, 15) is 9.59 Å². The third-order valence-electron chi connectivity index (χ3n) is 4.56. The van der Waals surface area contributed by atoms with Crippen molar-refractivity contribution in [2.45, 2.75) is 32.2 Å². The summed E-state index contributed by atoms with van der Waals surface area (Å²) in [6.45, 7) is 2.82. The second-order valence-electron chi connectivity index (χ2n) is 5.66. The molecule has 2 saturated heterocycles. The highest BCUT2D eigenvalue weighted by Gasteiger charge is 2.48. The minimum atomic E-state index is -0.279. The van der Waals surface area contributed by atoms with Crippen molar-refractivity contribution in [3.63, 3.8) is 0 Å². The number of rotatable bonds is 3. The predicted molar refractivity (Wildman–Crippen MR) is 79.4 cm³/mol. The molecule has 0 saturated carbocycles. The van der Waals surface area contributed by atoms with Gasteiger partial charge in [0, 0.05) is 6.54 Å². The van der Waals surface area contributed by atoms with Gasteiger partial charge in [-0.25, -0.2) is 9.69 Å². The standard InChI is InChI=1S/C16H20N2O3/c1-3-11-8-9-17-14(10-11)15(19)18(16(17)20)12-4-6-13(21-2)7-5-12/h4-7,11,14H,3,8-10H2,1-2H3. The second kappa shape index (κ2) is 5.39. The number of hydrogen-bond donors (Lipinski definition) is 0. The third-order valence-corrected chi connectivity index (χ3v) is 4.56. The molecule has 2 heterocycles. The smallest absolute Gasteiger partial charge is 0.332 e. The number of anilines is 1. The average Bonchev–Trinajstić information content (AvgIpc) is 2.78. The van der Waals surface area contributed by atoms with Crippen molar-refractivity contribution in [1.82, 2.24) is 4.90 Å². The zero-order valence-corrected chi connectivity index (χ0v) is 12.4. The lowest BCUT2D eigenvalue weighted by Crippen LogP contribution is -2.42. The van der Waals surface area contributed by atoms with E-state index in [0.717, 1.165) is 19.3 Å². The molecule has 2 aliphatic rings. The quantitative estimate of drug-likeness (QED) is 0.803. The Morgan fingerprint density at radius 3 is 2.57 bits per heavy atom. The van der Waals surface area contributed by atoms with Gasteiger partial charge in [0.05, 0.1) is 12.8 Å². The Morgan fingerprint density at radius 2 is 1.95 bits per heavy atom. The van der Waals surface area contributed by atoms with Crippen molar-refractivity contribution in [1.29, 1.82) is 0 Å². The van der Waals surface area contributed by atoms with E-state index in [1.165, 1.54) is 4.90 Å². The number of fused-ring (bicyclic) bond motifs is 1. The first-order chi connectivity index (χ1) is 10.2. The summed E-state index contributed by atoms with van der Waals surface area (Å²) in [5.74, 6) is 1.16. The fourth-order valence-corrected chi connectivity index (χ4v) is 3.21. The van der Waals surface area contributed by atoms with Gasteiger partial charge in [0.1, 0.15) is 11.8 Å². The molecule has 112 valence electrons. The molecule has 2 unspecified atom stereocenters. The molecule has 2 fully saturated rings. The van der Waals surface area contributed by atoms with Crippen LogP contribution in [-0.2, 0) is 4.79 Å². The summed E-state index contributed by atoms with van der Waals surface area (Å²) in [5, 5.41) is 0. The van der Waals surface area contributed by atoms with Crippen LogP contribution in [0.2, 0.25) is 0 Å². The van der Waals surface area contributed by atoms with E-state index in [-0.39, 0.29) is 18.0 Å². The largest absolute Gasteiger partial charge is 0.497 e. The van der Waals surface area contributed by atoms with Gasteiger partial charge < -0.3 is 9.64 Å². The van der Waals surface area contributed by atoms with Gasteiger partial charge in [0.15, 0.2) is 0 Å². The molecule has 5 nitrogen and oxygen atoms in total. The molecule has 0 aliphatic carbocycles. The number of piperidine rings is 1. The summed E-state index contributed by atoms with van der Waals surface area (Å²) in [6.07, 6.45) is 2.84. The van der Waals surface area contributed by atoms with E-state index >= 15 is 0 Å². The fraction of sp³-hybridized carbons (Fsp3) is 0.500. The summed E-state index contributed by atoms with van der Waals surface area (Å²) in [7, 11) is 1.59. The predicted octanol–water partition coefficient (Wildman–Crippen LogP) is 2.65. The number of carbonyl (C=O) groups excluding carboxylic acids is 2. The minimum Gasteiger partial charge on any atom is -0.497 e. The second-order valence-corrected chi connectivity index (χ2v) is 5.66. The number of ether oxygens (including phenoxy) is 1. The number of urea groups is 1. The van der Waals surface area contributed by atoms with E-state index in [1.54, 1.807) is 36.3 Å². The van der Waals surface area contributed by atoms with Gasteiger partial charge >= 0.3 is 6.03 Å². The van der Waals surface area contributed by atoms with Crippen LogP contribution in [0.15, 0.2) is 24.3 Å². The molecule has 1 aromatic carbocycles. The van der Waals surface area contributed by atoms with Crippen LogP contribution in [-0.4, -0.2) is 36.5 Å². The molecule has 3 amide bonds. The molecule has 0 bridgehead atoms. The van der Waals surface area contributed by atoms with Crippen LogP contribution >= 0.6 is 0 Å². The van der Waals surface area contributed by atoms with Crippen molar-refractivity contribution in [2.24, 2.45) is 5.92 Å². The van der Waals surface area contributed by atoms with E-state index < -0.39 is 0 Å². The summed E-state index contributed by atoms with van der Waals surface area (Å²) in [6, 6.07) is 6.57. The maximum absolute atomic E-state index is 12.6. The molecule has 1 aromatic rings. The maximum atomic E-state index is 12.6. The zero-order valence-electron chi connectivity index (χ0n) is 12.4. The molecular weight excluding hydrogens is 268 g/mol. The van der Waals surface area contributed by atoms with Crippen LogP contribution in [0.5, 0.6) is 5.75 Å². The van der Waals surface area contributed by atoms with Crippen LogP contribution in [0, 0.1) is 5.92 Å². The summed E-state index contributed by atoms with van der Waals surface area (Å²) >= 11 is 0. The molecule has 0 aromatic heterocycles. The summed E-state index contributed by atoms with van der Waals surface area (Å²) in [5.41, 5.74) is 0.619. The molecule has 2 atom stereocenters. The van der Waals surface area contributed by atoms with E-state index in [0.29, 0.717) is 23.9 Å². The lowest BCUT2D eigenvalue weighted by atomic mass is 9.89. The number of benzene rings is 1. The Hall–Kier alpha value is -2.04. The SMILES string of the molecule is CCC1CCN2C(=O)N(c3ccc(OC)cc3)C(=O)C2C1. The highest BCUT2D eigenvalue weighted by Crippen LogP contribution is 2.34. The van der Waals surface area contributed by atoms with Crippen molar-refractivity contribution in [3.05, 3.63) is 24.3 Å². The van der Waals surface area contributed by atoms with Crippen LogP contribution in [0.25, 0.3) is 0 Å². The van der Waals surface area contributed by atoms with E-state index in [2.05, 4.69) is 6.92 Å². The third kappa shape index (κ3) is 2.26. The average molecular weight is 288 g/mol. The highest BCUT2D eigenvalue weighted by atomic mass is 16.5. The van der Waals surface area contributed by atoms with E-state index in [4.69, 9.17) is 4.74 Å². The van der Waals surface area contributed by atoms with Gasteiger partial charge in [-0.1, -0.05) is 13.3 Å². The van der Waals surface area contributed by atoms with Gasteiger partial charge in [0.2, 0.25) is 0 Å². The van der Waals surface area contributed by atoms with Crippen molar-refractivity contribution in [3.8, 4) is 5.75 Å². The number of carbonyl (C=O) groups is 2. The van der Waals surface area contributed by atoms with Crippen LogP contribution < -0.4 is 9.64 Å². The first-order valence-corrected chi connectivity index (χ1v) is 7.44. The van der Waals surface area contributed by atoms with Gasteiger partial charge in [-0.05, 0) is 43.0 Å². The molecule has 21 heavy (non-hydrogen) atoms. The van der Waals surface area contributed by atoms with Crippen LogP contribution in [0.1, 0.15) is 26.2 Å². The molecule has 3 rings (SSSR count). The Balaban J connectivity index is 1.86. The Morgan fingerprint density at radius 1 is 1.24 bits per heavy atom. The number of imide groups is 1. The molecule has 0 N–H and O–H groups in total. The Bertz CT molecular complexity index is 555. The number of amides is 3. The number of hydrogen-bond acceptors (Lipinski definition) is 3.